The number of nitrogens with zero attached hydrogens (tertiary/aromatic N) is 4. The van der Waals surface area contributed by atoms with Crippen molar-refractivity contribution in [1.29, 1.82) is 0 Å². The van der Waals surface area contributed by atoms with Crippen LogP contribution in [0.25, 0.3) is 17.0 Å². The molecule has 2 heterocycles. The first kappa shape index (κ1) is 22.5. The molecule has 0 spiro atoms. The van der Waals surface area contributed by atoms with Gasteiger partial charge in [0.1, 0.15) is 22.1 Å². The fourth-order valence-corrected chi connectivity index (χ4v) is 4.23. The monoisotopic (exact) mass is 470 g/mol. The molecule has 1 aromatic carbocycles. The van der Waals surface area contributed by atoms with Crippen molar-refractivity contribution in [3.63, 3.8) is 0 Å². The van der Waals surface area contributed by atoms with Gasteiger partial charge in [0.15, 0.2) is 0 Å². The van der Waals surface area contributed by atoms with Crippen LogP contribution in [0.3, 0.4) is 0 Å². The van der Waals surface area contributed by atoms with Crippen LogP contribution >= 0.6 is 23.2 Å². The summed E-state index contributed by atoms with van der Waals surface area (Å²) in [6.07, 6.45) is 2.71. The summed E-state index contributed by atoms with van der Waals surface area (Å²) in [5.74, 6) is -0.186. The second kappa shape index (κ2) is 8.50. The van der Waals surface area contributed by atoms with Crippen molar-refractivity contribution >= 4 is 44.7 Å². The van der Waals surface area contributed by atoms with Crippen molar-refractivity contribution < 1.29 is 18.9 Å². The molecule has 0 saturated heterocycles. The van der Waals surface area contributed by atoms with Gasteiger partial charge in [0.25, 0.3) is 5.91 Å². The minimum atomic E-state index is -3.19. The Labute approximate surface area is 184 Å². The summed E-state index contributed by atoms with van der Waals surface area (Å²) >= 11 is 12.5. The van der Waals surface area contributed by atoms with E-state index in [4.69, 9.17) is 23.2 Å². The van der Waals surface area contributed by atoms with Gasteiger partial charge in [0.05, 0.1) is 27.7 Å². The molecule has 0 saturated carbocycles. The number of hydrogen-bond acceptors (Lipinski definition) is 5. The molecule has 30 heavy (non-hydrogen) atoms. The van der Waals surface area contributed by atoms with E-state index >= 15 is 0 Å². The minimum Gasteiger partial charge on any atom is -0.354 e. The van der Waals surface area contributed by atoms with Crippen molar-refractivity contribution in [2.24, 2.45) is 0 Å². The summed E-state index contributed by atoms with van der Waals surface area (Å²) in [5.41, 5.74) is 7.21. The number of imidazole rings is 1. The Kier molecular flexibility index (Phi) is 6.37. The van der Waals surface area contributed by atoms with Gasteiger partial charge in [-0.2, -0.15) is 0 Å². The largest absolute Gasteiger partial charge is 0.354 e. The predicted octanol–water partition coefficient (Wildman–Crippen LogP) is 1.87. The molecule has 0 bridgehead atoms. The van der Waals surface area contributed by atoms with Gasteiger partial charge in [0.2, 0.25) is 5.78 Å². The van der Waals surface area contributed by atoms with Crippen LogP contribution < -0.4 is 5.73 Å². The molecule has 0 unspecified atom stereocenters. The van der Waals surface area contributed by atoms with Crippen molar-refractivity contribution in [3.8, 4) is 11.3 Å². The SMILES string of the molecule is Cc1nc2nc(C(=O)N(C)CCS(C)(=O)=O)cn2c(-c2ccc(Cl)cc2Cl)c1C[NH3+]. The van der Waals surface area contributed by atoms with Crippen LogP contribution in [0.4, 0.5) is 0 Å². The minimum absolute atomic E-state index is 0.0675. The highest BCUT2D eigenvalue weighted by molar-refractivity contribution is 7.90. The molecule has 1 amide bonds. The van der Waals surface area contributed by atoms with Gasteiger partial charge in [-0.25, -0.2) is 18.4 Å². The van der Waals surface area contributed by atoms with Crippen LogP contribution in [0.2, 0.25) is 10.0 Å². The summed E-state index contributed by atoms with van der Waals surface area (Å²) in [4.78, 5) is 23.0. The van der Waals surface area contributed by atoms with Crippen molar-refractivity contribution in [3.05, 3.63) is 51.4 Å². The van der Waals surface area contributed by atoms with Crippen LogP contribution in [0.5, 0.6) is 0 Å². The predicted molar refractivity (Wildman–Crippen MR) is 116 cm³/mol. The van der Waals surface area contributed by atoms with Crippen molar-refractivity contribution in [2.45, 2.75) is 13.5 Å². The fourth-order valence-electron chi connectivity index (χ4n) is 3.12. The van der Waals surface area contributed by atoms with E-state index in [0.29, 0.717) is 22.4 Å². The zero-order valence-electron chi connectivity index (χ0n) is 16.8. The number of aromatic nitrogens is 3. The van der Waals surface area contributed by atoms with E-state index in [9.17, 15) is 13.2 Å². The zero-order chi connectivity index (χ0) is 22.2. The van der Waals surface area contributed by atoms with Crippen molar-refractivity contribution in [1.82, 2.24) is 19.3 Å². The van der Waals surface area contributed by atoms with Crippen LogP contribution in [0.1, 0.15) is 21.7 Å². The Morgan fingerprint density at radius 2 is 1.97 bits per heavy atom. The van der Waals surface area contributed by atoms with Gasteiger partial charge >= 0.3 is 0 Å². The number of hydrogen-bond donors (Lipinski definition) is 1. The highest BCUT2D eigenvalue weighted by Gasteiger charge is 2.22. The van der Waals surface area contributed by atoms with Crippen LogP contribution in [0.15, 0.2) is 24.4 Å². The number of carbonyl (C=O) groups excluding carboxylic acids is 1. The third kappa shape index (κ3) is 4.59. The van der Waals surface area contributed by atoms with E-state index in [1.807, 2.05) is 6.92 Å². The molecule has 0 fully saturated rings. The molecular weight excluding hydrogens is 449 g/mol. The molecule has 3 rings (SSSR count). The lowest BCUT2D eigenvalue weighted by Gasteiger charge is -2.15. The number of halogens is 2. The number of rotatable bonds is 6. The first-order valence-electron chi connectivity index (χ1n) is 9.08. The Bertz CT molecular complexity index is 1240. The van der Waals surface area contributed by atoms with Gasteiger partial charge in [-0.05, 0) is 25.1 Å². The summed E-state index contributed by atoms with van der Waals surface area (Å²) < 4.78 is 24.5. The first-order valence-corrected chi connectivity index (χ1v) is 11.9. The van der Waals surface area contributed by atoms with E-state index in [1.54, 1.807) is 28.8 Å². The van der Waals surface area contributed by atoms with Gasteiger partial charge in [0, 0.05) is 36.6 Å². The molecule has 3 aromatic rings. The number of amides is 1. The highest BCUT2D eigenvalue weighted by Crippen LogP contribution is 2.33. The Morgan fingerprint density at radius 3 is 2.57 bits per heavy atom. The molecule has 0 radical (unpaired) electrons. The molecule has 0 aliphatic carbocycles. The quantitative estimate of drug-likeness (QED) is 0.590. The van der Waals surface area contributed by atoms with E-state index in [0.717, 1.165) is 28.8 Å². The molecule has 0 aliphatic rings. The Morgan fingerprint density at radius 1 is 1.27 bits per heavy atom. The number of carbonyl (C=O) groups is 1. The summed E-state index contributed by atoms with van der Waals surface area (Å²) in [5, 5.41) is 0.965. The van der Waals surface area contributed by atoms with Gasteiger partial charge in [-0.1, -0.05) is 23.2 Å². The summed E-state index contributed by atoms with van der Waals surface area (Å²) in [6, 6.07) is 5.19. The van der Waals surface area contributed by atoms with Gasteiger partial charge in [-0.15, -0.1) is 0 Å². The molecule has 11 heteroatoms. The van der Waals surface area contributed by atoms with E-state index in [2.05, 4.69) is 15.7 Å². The van der Waals surface area contributed by atoms with Crippen molar-refractivity contribution in [2.75, 3.05) is 25.6 Å². The van der Waals surface area contributed by atoms with Crippen LogP contribution in [0, 0.1) is 6.92 Å². The average Bonchev–Trinajstić information content (AvgIpc) is 3.07. The highest BCUT2D eigenvalue weighted by atomic mass is 35.5. The number of benzene rings is 1. The second-order valence-electron chi connectivity index (χ2n) is 7.05. The average molecular weight is 471 g/mol. The van der Waals surface area contributed by atoms with Gasteiger partial charge < -0.3 is 10.6 Å². The van der Waals surface area contributed by atoms with Crippen LogP contribution in [-0.2, 0) is 16.4 Å². The number of aryl methyl sites for hydroxylation is 1. The van der Waals surface area contributed by atoms with E-state index in [1.165, 1.54) is 11.9 Å². The van der Waals surface area contributed by atoms with E-state index in [-0.39, 0.29) is 18.0 Å². The summed E-state index contributed by atoms with van der Waals surface area (Å²) in [7, 11) is -1.65. The number of sulfone groups is 1. The topological polar surface area (TPSA) is 112 Å². The normalized spacial score (nSPS) is 11.8. The standard InChI is InChI=1S/C19H21Cl2N5O3S/c1-11-14(9-22)17(13-5-4-12(20)8-15(13)21)26-10-16(24-19(26)23-11)18(27)25(2)6-7-30(3,28)29/h4-5,8,10H,6-7,9,22H2,1-3H3/p+1. The first-order chi connectivity index (χ1) is 14.0. The smallest absolute Gasteiger partial charge is 0.273 e. The lowest BCUT2D eigenvalue weighted by Crippen LogP contribution is -2.48. The van der Waals surface area contributed by atoms with Crippen LogP contribution in [-0.4, -0.2) is 59.2 Å². The number of fused-ring (bicyclic) bond motifs is 1. The Hall–Kier alpha value is -2.20. The maximum Gasteiger partial charge on any atom is 0.273 e. The Balaban J connectivity index is 2.13. The lowest BCUT2D eigenvalue weighted by molar-refractivity contribution is -0.386. The summed E-state index contributed by atoms with van der Waals surface area (Å²) in [6.45, 7) is 2.37. The fraction of sp³-hybridized carbons (Fsp3) is 0.316. The molecule has 0 aliphatic heterocycles. The second-order valence-corrected chi connectivity index (χ2v) is 10.2. The molecule has 3 N–H and O–H groups in total. The molecule has 160 valence electrons. The lowest BCUT2D eigenvalue weighted by atomic mass is 10.0. The van der Waals surface area contributed by atoms with Gasteiger partial charge in [-0.3, -0.25) is 9.20 Å². The maximum absolute atomic E-state index is 12.8. The molecule has 2 aromatic heterocycles. The molecule has 8 nitrogen and oxygen atoms in total. The molecular formula is C19H22Cl2N5O3S+. The zero-order valence-corrected chi connectivity index (χ0v) is 19.1. The van der Waals surface area contributed by atoms with E-state index < -0.39 is 15.7 Å². The number of quaternary nitrogens is 1. The maximum atomic E-state index is 12.8. The molecule has 0 atom stereocenters. The third-order valence-corrected chi connectivity index (χ3v) is 6.19. The third-order valence-electron chi connectivity index (χ3n) is 4.72.